The van der Waals surface area contributed by atoms with E-state index in [-0.39, 0.29) is 17.8 Å². The van der Waals surface area contributed by atoms with E-state index in [9.17, 15) is 14.9 Å². The first-order chi connectivity index (χ1) is 10.5. The molecular formula is C14H10ClN3O3S. The lowest BCUT2D eigenvalue weighted by atomic mass is 10.3. The lowest BCUT2D eigenvalue weighted by Crippen LogP contribution is -2.23. The predicted octanol–water partition coefficient (Wildman–Crippen LogP) is 3.07. The lowest BCUT2D eigenvalue weighted by molar-refractivity contribution is -0.385. The summed E-state index contributed by atoms with van der Waals surface area (Å²) in [4.78, 5) is 23.1. The number of hydrogen-bond acceptors (Lipinski definition) is 5. The van der Waals surface area contributed by atoms with Gasteiger partial charge in [0.1, 0.15) is 11.6 Å². The molecule has 0 aliphatic carbocycles. The molecule has 0 saturated carbocycles. The summed E-state index contributed by atoms with van der Waals surface area (Å²) in [5.41, 5.74) is -1.02. The number of halogens is 1. The largest absolute Gasteiger partial charge is 0.307 e. The average Bonchev–Trinajstić information content (AvgIpc) is 2.50. The molecule has 112 valence electrons. The number of nitro groups is 1. The van der Waals surface area contributed by atoms with Gasteiger partial charge in [0.25, 0.3) is 11.2 Å². The van der Waals surface area contributed by atoms with Gasteiger partial charge in [-0.05, 0) is 24.3 Å². The molecule has 6 nitrogen and oxygen atoms in total. The number of thioether (sulfide) groups is 1. The Kier molecular flexibility index (Phi) is 5.20. The van der Waals surface area contributed by atoms with Crippen molar-refractivity contribution in [2.24, 2.45) is 0 Å². The Morgan fingerprint density at radius 3 is 2.64 bits per heavy atom. The van der Waals surface area contributed by atoms with Gasteiger partial charge in [-0.1, -0.05) is 11.6 Å². The van der Waals surface area contributed by atoms with Crippen molar-refractivity contribution in [3.8, 4) is 6.07 Å². The quantitative estimate of drug-likeness (QED) is 0.476. The van der Waals surface area contributed by atoms with Gasteiger partial charge in [0.05, 0.1) is 11.1 Å². The van der Waals surface area contributed by atoms with E-state index in [2.05, 4.69) is 0 Å². The minimum absolute atomic E-state index is 0.231. The predicted molar refractivity (Wildman–Crippen MR) is 84.2 cm³/mol. The van der Waals surface area contributed by atoms with E-state index in [1.54, 1.807) is 18.2 Å². The highest BCUT2D eigenvalue weighted by molar-refractivity contribution is 7.99. The second-order valence-electron chi connectivity index (χ2n) is 4.28. The van der Waals surface area contributed by atoms with Crippen LogP contribution in [-0.2, 0) is 6.54 Å². The fourth-order valence-electron chi connectivity index (χ4n) is 1.76. The third-order valence-electron chi connectivity index (χ3n) is 2.82. The van der Waals surface area contributed by atoms with E-state index in [1.165, 1.54) is 16.3 Å². The fourth-order valence-corrected chi connectivity index (χ4v) is 2.74. The van der Waals surface area contributed by atoms with Gasteiger partial charge in [0, 0.05) is 28.3 Å². The Hall–Kier alpha value is -2.30. The second-order valence-corrected chi connectivity index (χ2v) is 5.89. The van der Waals surface area contributed by atoms with Crippen molar-refractivity contribution < 1.29 is 4.92 Å². The summed E-state index contributed by atoms with van der Waals surface area (Å²) >= 11 is 7.28. The van der Waals surface area contributed by atoms with Crippen LogP contribution < -0.4 is 5.56 Å². The molecule has 0 atom stereocenters. The van der Waals surface area contributed by atoms with Gasteiger partial charge < -0.3 is 4.57 Å². The molecule has 1 aromatic heterocycles. The van der Waals surface area contributed by atoms with Crippen LogP contribution >= 0.6 is 23.4 Å². The van der Waals surface area contributed by atoms with Gasteiger partial charge in [0.2, 0.25) is 0 Å². The molecule has 22 heavy (non-hydrogen) atoms. The van der Waals surface area contributed by atoms with Crippen LogP contribution in [0.1, 0.15) is 5.56 Å². The summed E-state index contributed by atoms with van der Waals surface area (Å²) in [5.74, 6) is 0.535. The third kappa shape index (κ3) is 3.87. The lowest BCUT2D eigenvalue weighted by Gasteiger charge is -2.06. The van der Waals surface area contributed by atoms with Gasteiger partial charge in [0.15, 0.2) is 0 Å². The summed E-state index contributed by atoms with van der Waals surface area (Å²) < 4.78 is 1.19. The summed E-state index contributed by atoms with van der Waals surface area (Å²) in [6.07, 6.45) is 1.16. The van der Waals surface area contributed by atoms with Crippen molar-refractivity contribution in [2.45, 2.75) is 11.4 Å². The number of hydrogen-bond donors (Lipinski definition) is 0. The minimum Gasteiger partial charge on any atom is -0.307 e. The molecule has 0 unspecified atom stereocenters. The summed E-state index contributed by atoms with van der Waals surface area (Å²) in [5, 5.41) is 20.3. The standard InChI is InChI=1S/C14H10ClN3O3S/c15-11-1-3-13(4-2-11)22-6-5-17-9-12(18(20)21)7-10(8-16)14(17)19/h1-4,7,9H,5-6H2. The number of nitrogens with zero attached hydrogens (tertiary/aromatic N) is 3. The average molecular weight is 336 g/mol. The van der Waals surface area contributed by atoms with Crippen LogP contribution in [0.15, 0.2) is 46.2 Å². The number of pyridine rings is 1. The Morgan fingerprint density at radius 2 is 2.05 bits per heavy atom. The van der Waals surface area contributed by atoms with E-state index in [1.807, 2.05) is 12.1 Å². The topological polar surface area (TPSA) is 88.9 Å². The molecule has 0 bridgehead atoms. The zero-order valence-electron chi connectivity index (χ0n) is 11.2. The molecule has 1 heterocycles. The number of aryl methyl sites for hydroxylation is 1. The van der Waals surface area contributed by atoms with Crippen LogP contribution in [0.4, 0.5) is 5.69 Å². The Balaban J connectivity index is 2.14. The molecular weight excluding hydrogens is 326 g/mol. The number of aromatic nitrogens is 1. The molecule has 2 aromatic rings. The zero-order chi connectivity index (χ0) is 16.1. The molecule has 8 heteroatoms. The molecule has 0 radical (unpaired) electrons. The molecule has 0 fully saturated rings. The fraction of sp³-hybridized carbons (Fsp3) is 0.143. The molecule has 0 aliphatic rings. The smallest absolute Gasteiger partial charge is 0.287 e. The van der Waals surface area contributed by atoms with Crippen LogP contribution in [0.25, 0.3) is 0 Å². The van der Waals surface area contributed by atoms with Crippen LogP contribution in [0, 0.1) is 21.4 Å². The van der Waals surface area contributed by atoms with Crippen molar-refractivity contribution in [3.05, 3.63) is 67.6 Å². The molecule has 2 rings (SSSR count). The van der Waals surface area contributed by atoms with Crippen molar-refractivity contribution >= 4 is 29.1 Å². The summed E-state index contributed by atoms with van der Waals surface area (Å²) in [7, 11) is 0. The first-order valence-corrected chi connectivity index (χ1v) is 7.55. The Morgan fingerprint density at radius 1 is 1.36 bits per heavy atom. The maximum absolute atomic E-state index is 12.0. The highest BCUT2D eigenvalue weighted by Gasteiger charge is 2.13. The van der Waals surface area contributed by atoms with E-state index >= 15 is 0 Å². The van der Waals surface area contributed by atoms with Crippen molar-refractivity contribution in [2.75, 3.05) is 5.75 Å². The minimum atomic E-state index is -0.622. The Labute approximate surface area is 135 Å². The van der Waals surface area contributed by atoms with Crippen LogP contribution in [0.2, 0.25) is 5.02 Å². The number of nitriles is 1. The first kappa shape index (κ1) is 16.1. The van der Waals surface area contributed by atoms with E-state index in [0.29, 0.717) is 10.8 Å². The maximum atomic E-state index is 12.0. The second kappa shape index (κ2) is 7.11. The van der Waals surface area contributed by atoms with Crippen molar-refractivity contribution in [1.82, 2.24) is 4.57 Å². The molecule has 0 N–H and O–H groups in total. The normalized spacial score (nSPS) is 10.2. The zero-order valence-corrected chi connectivity index (χ0v) is 12.8. The molecule has 1 aromatic carbocycles. The molecule has 0 amide bonds. The Bertz CT molecular complexity index is 796. The van der Waals surface area contributed by atoms with Crippen LogP contribution in [-0.4, -0.2) is 15.2 Å². The number of rotatable bonds is 5. The highest BCUT2D eigenvalue weighted by atomic mass is 35.5. The van der Waals surface area contributed by atoms with Crippen molar-refractivity contribution in [3.63, 3.8) is 0 Å². The first-order valence-electron chi connectivity index (χ1n) is 6.18. The maximum Gasteiger partial charge on any atom is 0.287 e. The highest BCUT2D eigenvalue weighted by Crippen LogP contribution is 2.20. The summed E-state index contributed by atoms with van der Waals surface area (Å²) in [6, 6.07) is 9.90. The number of benzene rings is 1. The molecule has 0 saturated heterocycles. The molecule has 0 aliphatic heterocycles. The van der Waals surface area contributed by atoms with Gasteiger partial charge >= 0.3 is 0 Å². The monoisotopic (exact) mass is 335 g/mol. The van der Waals surface area contributed by atoms with Crippen molar-refractivity contribution in [1.29, 1.82) is 5.26 Å². The van der Waals surface area contributed by atoms with Gasteiger partial charge in [-0.25, -0.2) is 0 Å². The third-order valence-corrected chi connectivity index (χ3v) is 4.06. The van der Waals surface area contributed by atoms with Gasteiger partial charge in [-0.15, -0.1) is 11.8 Å². The SMILES string of the molecule is N#Cc1cc([N+](=O)[O-])cn(CCSc2ccc(Cl)cc2)c1=O. The van der Waals surface area contributed by atoms with Crippen LogP contribution in [0.3, 0.4) is 0 Å². The molecule has 0 spiro atoms. The van der Waals surface area contributed by atoms with E-state index < -0.39 is 10.5 Å². The summed E-state index contributed by atoms with van der Waals surface area (Å²) in [6.45, 7) is 0.266. The van der Waals surface area contributed by atoms with E-state index in [0.717, 1.165) is 17.2 Å². The van der Waals surface area contributed by atoms with Gasteiger partial charge in [-0.3, -0.25) is 14.9 Å². The van der Waals surface area contributed by atoms with Crippen LogP contribution in [0.5, 0.6) is 0 Å². The van der Waals surface area contributed by atoms with Gasteiger partial charge in [-0.2, -0.15) is 5.26 Å². The van der Waals surface area contributed by atoms with E-state index in [4.69, 9.17) is 16.9 Å².